The standard InChI is InChI=1S/C32H36F2N4O2/c1-21(39)38(2)26-14-8-22(9-15-26)16-30(40)37-29-17-27(23-6-4-3-5-7-23)28(18-36-29)24-10-12-25(13-11-24)31(35)19-32(33,34)20-31/h3-7,10-13,17-18,22,26H,8-9,14-16,19-20,35H2,1-2H3,(H,36,37,40)/t22-,26-. The first-order chi connectivity index (χ1) is 19.0. The van der Waals surface area contributed by atoms with Gasteiger partial charge < -0.3 is 16.0 Å². The van der Waals surface area contributed by atoms with Crippen LogP contribution in [0.5, 0.6) is 0 Å². The fourth-order valence-electron chi connectivity index (χ4n) is 6.12. The van der Waals surface area contributed by atoms with Crippen LogP contribution in [0.25, 0.3) is 22.3 Å². The Morgan fingerprint density at radius 2 is 1.60 bits per heavy atom. The zero-order valence-corrected chi connectivity index (χ0v) is 23.0. The molecule has 3 N–H and O–H groups in total. The van der Waals surface area contributed by atoms with Crippen LogP contribution in [0.3, 0.4) is 0 Å². The van der Waals surface area contributed by atoms with Crippen LogP contribution in [0.15, 0.2) is 66.9 Å². The predicted octanol–water partition coefficient (Wildman–Crippen LogP) is 6.36. The van der Waals surface area contributed by atoms with Crippen molar-refractivity contribution in [3.8, 4) is 22.3 Å². The van der Waals surface area contributed by atoms with Gasteiger partial charge in [0.15, 0.2) is 0 Å². The molecule has 0 spiro atoms. The SMILES string of the molecule is CC(=O)N(C)[C@H]1CC[C@H](CC(=O)Nc2cc(-c3ccccc3)c(-c3ccc(C4(N)CC(F)(F)C4)cc3)cn2)CC1. The van der Waals surface area contributed by atoms with E-state index in [-0.39, 0.29) is 36.6 Å². The van der Waals surface area contributed by atoms with Gasteiger partial charge in [-0.2, -0.15) is 0 Å². The molecule has 0 aliphatic heterocycles. The number of alkyl halides is 2. The Bertz CT molecular complexity index is 1360. The topological polar surface area (TPSA) is 88.3 Å². The molecule has 5 rings (SSSR count). The molecule has 8 heteroatoms. The van der Waals surface area contributed by atoms with Gasteiger partial charge in [0.1, 0.15) is 5.82 Å². The van der Waals surface area contributed by atoms with E-state index in [9.17, 15) is 18.4 Å². The minimum Gasteiger partial charge on any atom is -0.343 e. The molecular weight excluding hydrogens is 510 g/mol. The maximum Gasteiger partial charge on any atom is 0.252 e. The first-order valence-electron chi connectivity index (χ1n) is 13.9. The van der Waals surface area contributed by atoms with Crippen LogP contribution in [-0.2, 0) is 15.1 Å². The van der Waals surface area contributed by atoms with Gasteiger partial charge in [0, 0.05) is 51.0 Å². The van der Waals surface area contributed by atoms with E-state index in [1.54, 1.807) is 18.0 Å². The second-order valence-electron chi connectivity index (χ2n) is 11.5. The van der Waals surface area contributed by atoms with Gasteiger partial charge >= 0.3 is 0 Å². The number of hydrogen-bond acceptors (Lipinski definition) is 4. The highest BCUT2D eigenvalue weighted by Gasteiger charge is 2.55. The molecule has 6 nitrogen and oxygen atoms in total. The lowest BCUT2D eigenvalue weighted by molar-refractivity contribution is -0.130. The molecule has 2 aliphatic rings. The number of benzene rings is 2. The normalized spacial score (nSPS) is 21.2. The first kappa shape index (κ1) is 27.9. The number of halogens is 2. The van der Waals surface area contributed by atoms with Crippen molar-refractivity contribution in [1.29, 1.82) is 0 Å². The Morgan fingerprint density at radius 3 is 2.20 bits per heavy atom. The van der Waals surface area contributed by atoms with E-state index in [2.05, 4.69) is 10.3 Å². The van der Waals surface area contributed by atoms with Gasteiger partial charge in [0.05, 0.1) is 5.54 Å². The Balaban J connectivity index is 1.30. The lowest BCUT2D eigenvalue weighted by Gasteiger charge is -2.44. The summed E-state index contributed by atoms with van der Waals surface area (Å²) in [6.07, 6.45) is 5.11. The largest absolute Gasteiger partial charge is 0.343 e. The lowest BCUT2D eigenvalue weighted by atomic mass is 9.69. The Kier molecular flexibility index (Phi) is 7.73. The Morgan fingerprint density at radius 1 is 0.975 bits per heavy atom. The quantitative estimate of drug-likeness (QED) is 0.361. The highest BCUT2D eigenvalue weighted by Crippen LogP contribution is 2.50. The van der Waals surface area contributed by atoms with Gasteiger partial charge in [-0.3, -0.25) is 9.59 Å². The molecule has 3 aromatic rings. The minimum atomic E-state index is -2.70. The summed E-state index contributed by atoms with van der Waals surface area (Å²) < 4.78 is 27.0. The molecule has 210 valence electrons. The van der Waals surface area contributed by atoms with Gasteiger partial charge in [-0.15, -0.1) is 0 Å². The molecule has 1 heterocycles. The number of nitrogens with zero attached hydrogens (tertiary/aromatic N) is 2. The number of nitrogens with two attached hydrogens (primary N) is 1. The van der Waals surface area contributed by atoms with Gasteiger partial charge in [0.2, 0.25) is 11.8 Å². The summed E-state index contributed by atoms with van der Waals surface area (Å²) in [5.41, 5.74) is 9.56. The maximum atomic E-state index is 13.5. The van der Waals surface area contributed by atoms with E-state index < -0.39 is 11.5 Å². The lowest BCUT2D eigenvalue weighted by Crippen LogP contribution is -2.55. The van der Waals surface area contributed by atoms with Crippen molar-refractivity contribution in [1.82, 2.24) is 9.88 Å². The Labute approximate surface area is 234 Å². The number of amides is 2. The average molecular weight is 547 g/mol. The molecule has 2 amide bonds. The van der Waals surface area contributed by atoms with E-state index in [0.29, 0.717) is 17.8 Å². The number of nitrogens with one attached hydrogen (secondary N) is 1. The number of pyridine rings is 1. The highest BCUT2D eigenvalue weighted by atomic mass is 19.3. The summed E-state index contributed by atoms with van der Waals surface area (Å²) in [7, 11) is 1.85. The molecule has 2 fully saturated rings. The molecule has 2 aliphatic carbocycles. The van der Waals surface area contributed by atoms with Crippen LogP contribution >= 0.6 is 0 Å². The number of carbonyl (C=O) groups excluding carboxylic acids is 2. The molecule has 0 saturated heterocycles. The zero-order chi connectivity index (χ0) is 28.5. The van der Waals surface area contributed by atoms with Crippen LogP contribution < -0.4 is 11.1 Å². The van der Waals surface area contributed by atoms with E-state index in [0.717, 1.165) is 47.9 Å². The Hall–Kier alpha value is -3.65. The van der Waals surface area contributed by atoms with Crippen molar-refractivity contribution in [3.05, 3.63) is 72.4 Å². The van der Waals surface area contributed by atoms with Crippen molar-refractivity contribution in [2.45, 2.75) is 69.4 Å². The van der Waals surface area contributed by atoms with Gasteiger partial charge in [-0.05, 0) is 59.9 Å². The monoisotopic (exact) mass is 546 g/mol. The minimum absolute atomic E-state index is 0.0717. The van der Waals surface area contributed by atoms with Gasteiger partial charge in [-0.25, -0.2) is 13.8 Å². The average Bonchev–Trinajstić information content (AvgIpc) is 2.92. The smallest absolute Gasteiger partial charge is 0.252 e. The van der Waals surface area contributed by atoms with Crippen LogP contribution in [0.1, 0.15) is 57.4 Å². The van der Waals surface area contributed by atoms with Crippen molar-refractivity contribution in [3.63, 3.8) is 0 Å². The molecule has 1 aromatic heterocycles. The van der Waals surface area contributed by atoms with Crippen molar-refractivity contribution in [2.75, 3.05) is 12.4 Å². The summed E-state index contributed by atoms with van der Waals surface area (Å²) in [6, 6.07) is 19.4. The summed E-state index contributed by atoms with van der Waals surface area (Å²) in [5.74, 6) is -1.94. The third-order valence-electron chi connectivity index (χ3n) is 8.51. The van der Waals surface area contributed by atoms with E-state index in [1.807, 2.05) is 67.7 Å². The third-order valence-corrected chi connectivity index (χ3v) is 8.51. The van der Waals surface area contributed by atoms with E-state index in [1.165, 1.54) is 0 Å². The fourth-order valence-corrected chi connectivity index (χ4v) is 6.12. The fraction of sp³-hybridized carbons (Fsp3) is 0.406. The van der Waals surface area contributed by atoms with E-state index >= 15 is 0 Å². The highest BCUT2D eigenvalue weighted by molar-refractivity contribution is 5.92. The molecule has 0 atom stereocenters. The molecule has 0 unspecified atom stereocenters. The number of carbonyl (C=O) groups is 2. The second-order valence-corrected chi connectivity index (χ2v) is 11.5. The molecule has 40 heavy (non-hydrogen) atoms. The van der Waals surface area contributed by atoms with E-state index in [4.69, 9.17) is 5.73 Å². The van der Waals surface area contributed by atoms with Crippen LogP contribution in [0.4, 0.5) is 14.6 Å². The summed E-state index contributed by atoms with van der Waals surface area (Å²) in [6.45, 7) is 1.59. The van der Waals surface area contributed by atoms with Gasteiger partial charge in [0.25, 0.3) is 5.92 Å². The second kappa shape index (κ2) is 11.1. The first-order valence-corrected chi connectivity index (χ1v) is 13.9. The van der Waals surface area contributed by atoms with Crippen LogP contribution in [0.2, 0.25) is 0 Å². The van der Waals surface area contributed by atoms with Gasteiger partial charge in [-0.1, -0.05) is 54.6 Å². The zero-order valence-electron chi connectivity index (χ0n) is 23.0. The summed E-state index contributed by atoms with van der Waals surface area (Å²) in [4.78, 5) is 31.0. The number of aromatic nitrogens is 1. The summed E-state index contributed by atoms with van der Waals surface area (Å²) >= 11 is 0. The predicted molar refractivity (Wildman–Crippen MR) is 153 cm³/mol. The summed E-state index contributed by atoms with van der Waals surface area (Å²) in [5, 5.41) is 2.98. The number of anilines is 1. The molecule has 0 bridgehead atoms. The molecule has 0 radical (unpaired) electrons. The third kappa shape index (κ3) is 6.07. The molecular formula is C32H36F2N4O2. The number of rotatable bonds is 7. The van der Waals surface area contributed by atoms with Crippen molar-refractivity contribution < 1.29 is 18.4 Å². The number of hydrogen-bond donors (Lipinski definition) is 2. The van der Waals surface area contributed by atoms with Crippen molar-refractivity contribution >= 4 is 17.6 Å². The maximum absolute atomic E-state index is 13.5. The molecule has 2 saturated carbocycles. The molecule has 2 aromatic carbocycles. The van der Waals surface area contributed by atoms with Crippen LogP contribution in [-0.4, -0.2) is 40.7 Å². The van der Waals surface area contributed by atoms with Crippen molar-refractivity contribution in [2.24, 2.45) is 11.7 Å². The van der Waals surface area contributed by atoms with Crippen LogP contribution in [0, 0.1) is 5.92 Å².